The van der Waals surface area contributed by atoms with E-state index in [-0.39, 0.29) is 5.91 Å². The van der Waals surface area contributed by atoms with Crippen molar-refractivity contribution in [2.45, 2.75) is 18.7 Å². The molecule has 0 radical (unpaired) electrons. The van der Waals surface area contributed by atoms with Crippen LogP contribution in [0.5, 0.6) is 0 Å². The van der Waals surface area contributed by atoms with Crippen molar-refractivity contribution in [3.63, 3.8) is 0 Å². The average molecular weight is 311 g/mol. The number of nitrogens with one attached hydrogen (secondary N) is 1. The minimum absolute atomic E-state index is 0.309. The first-order valence-electron chi connectivity index (χ1n) is 5.80. The summed E-state index contributed by atoms with van der Waals surface area (Å²) in [6.45, 7) is 2.91. The van der Waals surface area contributed by atoms with Gasteiger partial charge in [-0.25, -0.2) is 9.97 Å². The van der Waals surface area contributed by atoms with E-state index in [0.29, 0.717) is 29.1 Å². The molecule has 9 heteroatoms. The van der Waals surface area contributed by atoms with E-state index < -0.39 is 0 Å². The topological polar surface area (TPSA) is 89.9 Å². The maximum absolute atomic E-state index is 11.9. The number of carbonyl (C=O) groups is 1. The number of carbonyl (C=O) groups excluding carboxylic acids is 1. The number of hydrogen-bond donors (Lipinski definition) is 1. The Morgan fingerprint density at radius 3 is 2.80 bits per heavy atom. The first-order chi connectivity index (χ1) is 9.72. The lowest BCUT2D eigenvalue weighted by molar-refractivity contribution is 0.102. The molecule has 2 aromatic heterocycles. The number of ether oxygens (including phenoxy) is 1. The molecule has 7 nitrogen and oxygen atoms in total. The second kappa shape index (κ2) is 7.27. The lowest BCUT2D eigenvalue weighted by Gasteiger charge is -2.00. The first-order valence-corrected chi connectivity index (χ1v) is 7.84. The SMILES string of the molecule is CCOCc1nnc(NC(=O)c2cnc(SC)nc2)s1. The number of nitrogens with zero attached hydrogens (tertiary/aromatic N) is 4. The van der Waals surface area contributed by atoms with Crippen LogP contribution in [-0.4, -0.2) is 38.9 Å². The highest BCUT2D eigenvalue weighted by Crippen LogP contribution is 2.17. The number of hydrogen-bond acceptors (Lipinski definition) is 8. The average Bonchev–Trinajstić information content (AvgIpc) is 2.92. The summed E-state index contributed by atoms with van der Waals surface area (Å²) >= 11 is 2.70. The van der Waals surface area contributed by atoms with Crippen LogP contribution in [0.1, 0.15) is 22.3 Å². The molecule has 0 aliphatic carbocycles. The van der Waals surface area contributed by atoms with E-state index in [0.717, 1.165) is 5.01 Å². The number of anilines is 1. The zero-order valence-electron chi connectivity index (χ0n) is 11.0. The van der Waals surface area contributed by atoms with Gasteiger partial charge in [0.15, 0.2) is 5.16 Å². The summed E-state index contributed by atoms with van der Waals surface area (Å²) in [6, 6.07) is 0. The minimum atomic E-state index is -0.309. The molecule has 0 aliphatic heterocycles. The summed E-state index contributed by atoms with van der Waals surface area (Å²) in [7, 11) is 0. The van der Waals surface area contributed by atoms with Crippen molar-refractivity contribution in [2.75, 3.05) is 18.2 Å². The first kappa shape index (κ1) is 14.8. The van der Waals surface area contributed by atoms with Crippen LogP contribution in [0.15, 0.2) is 17.6 Å². The molecular weight excluding hydrogens is 298 g/mol. The zero-order valence-corrected chi connectivity index (χ0v) is 12.6. The molecular formula is C11H13N5O2S2. The zero-order chi connectivity index (χ0) is 14.4. The van der Waals surface area contributed by atoms with Gasteiger partial charge in [-0.3, -0.25) is 10.1 Å². The van der Waals surface area contributed by atoms with Crippen LogP contribution in [0.3, 0.4) is 0 Å². The van der Waals surface area contributed by atoms with Gasteiger partial charge in [-0.15, -0.1) is 10.2 Å². The molecule has 1 N–H and O–H groups in total. The predicted octanol–water partition coefficient (Wildman–Crippen LogP) is 1.84. The monoisotopic (exact) mass is 311 g/mol. The summed E-state index contributed by atoms with van der Waals surface area (Å²) in [4.78, 5) is 20.0. The van der Waals surface area contributed by atoms with Gasteiger partial charge >= 0.3 is 0 Å². The van der Waals surface area contributed by atoms with Crippen LogP contribution < -0.4 is 5.32 Å². The van der Waals surface area contributed by atoms with E-state index in [2.05, 4.69) is 25.5 Å². The van der Waals surface area contributed by atoms with Crippen LogP contribution in [0, 0.1) is 0 Å². The van der Waals surface area contributed by atoms with Gasteiger partial charge in [0.1, 0.15) is 11.6 Å². The Balaban J connectivity index is 1.97. The Kier molecular flexibility index (Phi) is 5.39. The molecule has 0 spiro atoms. The van der Waals surface area contributed by atoms with Crippen molar-refractivity contribution in [3.05, 3.63) is 23.0 Å². The number of thioether (sulfide) groups is 1. The van der Waals surface area contributed by atoms with Crippen LogP contribution in [0.4, 0.5) is 5.13 Å². The second-order valence-electron chi connectivity index (χ2n) is 3.55. The molecule has 0 atom stereocenters. The molecule has 1 amide bonds. The molecule has 0 unspecified atom stereocenters. The number of amides is 1. The molecule has 0 aromatic carbocycles. The Morgan fingerprint density at radius 1 is 1.40 bits per heavy atom. The van der Waals surface area contributed by atoms with Gasteiger partial charge in [0.05, 0.1) is 5.56 Å². The standard InChI is InChI=1S/C11H13N5O2S2/c1-3-18-6-8-15-16-11(20-8)14-9(17)7-4-12-10(19-2)13-5-7/h4-5H,3,6H2,1-2H3,(H,14,16,17). The van der Waals surface area contributed by atoms with Gasteiger partial charge in [0.2, 0.25) is 5.13 Å². The summed E-state index contributed by atoms with van der Waals surface area (Å²) in [6.07, 6.45) is 4.84. The van der Waals surface area contributed by atoms with Gasteiger partial charge < -0.3 is 4.74 Å². The van der Waals surface area contributed by atoms with E-state index in [4.69, 9.17) is 4.74 Å². The second-order valence-corrected chi connectivity index (χ2v) is 5.39. The van der Waals surface area contributed by atoms with Gasteiger partial charge in [-0.2, -0.15) is 0 Å². The van der Waals surface area contributed by atoms with Gasteiger partial charge in [0.25, 0.3) is 5.91 Å². The van der Waals surface area contributed by atoms with Crippen LogP contribution in [-0.2, 0) is 11.3 Å². The highest BCUT2D eigenvalue weighted by molar-refractivity contribution is 7.98. The molecule has 0 saturated carbocycles. The van der Waals surface area contributed by atoms with E-state index >= 15 is 0 Å². The summed E-state index contributed by atoms with van der Waals surface area (Å²) < 4.78 is 5.22. The lowest BCUT2D eigenvalue weighted by atomic mass is 10.3. The fraction of sp³-hybridized carbons (Fsp3) is 0.364. The van der Waals surface area contributed by atoms with Gasteiger partial charge in [-0.05, 0) is 13.2 Å². The summed E-state index contributed by atoms with van der Waals surface area (Å²) in [5, 5.41) is 12.2. The highest BCUT2D eigenvalue weighted by Gasteiger charge is 2.11. The Morgan fingerprint density at radius 2 is 2.15 bits per heavy atom. The van der Waals surface area contributed by atoms with Crippen LogP contribution in [0.2, 0.25) is 0 Å². The maximum Gasteiger partial charge on any atom is 0.260 e. The normalized spacial score (nSPS) is 10.5. The van der Waals surface area contributed by atoms with Crippen molar-refractivity contribution >= 4 is 34.1 Å². The molecule has 0 bridgehead atoms. The third-order valence-corrected chi connectivity index (χ3v) is 3.58. The third-order valence-electron chi connectivity index (χ3n) is 2.19. The van der Waals surface area contributed by atoms with Crippen molar-refractivity contribution in [3.8, 4) is 0 Å². The van der Waals surface area contributed by atoms with E-state index in [1.54, 1.807) is 0 Å². The summed E-state index contributed by atoms with van der Waals surface area (Å²) in [5.74, 6) is -0.309. The number of rotatable bonds is 6. The van der Waals surface area contributed by atoms with E-state index in [1.807, 2.05) is 13.2 Å². The molecule has 106 valence electrons. The van der Waals surface area contributed by atoms with Crippen molar-refractivity contribution in [2.24, 2.45) is 0 Å². The summed E-state index contributed by atoms with van der Waals surface area (Å²) in [5.41, 5.74) is 0.379. The smallest absolute Gasteiger partial charge is 0.260 e. The molecule has 0 aliphatic rings. The molecule has 20 heavy (non-hydrogen) atoms. The third kappa shape index (κ3) is 3.95. The highest BCUT2D eigenvalue weighted by atomic mass is 32.2. The lowest BCUT2D eigenvalue weighted by Crippen LogP contribution is -2.12. The Labute approximate surface area is 124 Å². The largest absolute Gasteiger partial charge is 0.374 e. The number of aromatic nitrogens is 4. The van der Waals surface area contributed by atoms with Crippen LogP contribution in [0.25, 0.3) is 0 Å². The van der Waals surface area contributed by atoms with Crippen molar-refractivity contribution in [1.82, 2.24) is 20.2 Å². The van der Waals surface area contributed by atoms with Crippen molar-refractivity contribution in [1.29, 1.82) is 0 Å². The molecule has 2 rings (SSSR count). The molecule has 0 fully saturated rings. The maximum atomic E-state index is 11.9. The van der Waals surface area contributed by atoms with Gasteiger partial charge in [-0.1, -0.05) is 23.1 Å². The molecule has 2 aromatic rings. The minimum Gasteiger partial charge on any atom is -0.374 e. The van der Waals surface area contributed by atoms with Crippen molar-refractivity contribution < 1.29 is 9.53 Å². The molecule has 0 saturated heterocycles. The fourth-order valence-corrected chi connectivity index (χ4v) is 2.25. The Hall–Kier alpha value is -1.58. The Bertz CT molecular complexity index is 572. The molecule has 2 heterocycles. The van der Waals surface area contributed by atoms with Gasteiger partial charge in [0, 0.05) is 19.0 Å². The predicted molar refractivity (Wildman–Crippen MR) is 77.0 cm³/mol. The fourth-order valence-electron chi connectivity index (χ4n) is 1.26. The van der Waals surface area contributed by atoms with E-state index in [9.17, 15) is 4.79 Å². The van der Waals surface area contributed by atoms with Crippen LogP contribution >= 0.6 is 23.1 Å². The van der Waals surface area contributed by atoms with E-state index in [1.165, 1.54) is 35.5 Å². The quantitative estimate of drug-likeness (QED) is 0.643.